The maximum Gasteiger partial charge on any atom is 0.255 e. The summed E-state index contributed by atoms with van der Waals surface area (Å²) in [5, 5.41) is 50.2. The Kier molecular flexibility index (Phi) is 9.52. The van der Waals surface area contributed by atoms with Crippen molar-refractivity contribution in [1.29, 1.82) is 0 Å². The topological polar surface area (TPSA) is 203 Å². The van der Waals surface area contributed by atoms with Crippen molar-refractivity contribution >= 4 is 29.1 Å². The number of nitrogens with two attached hydrogens (primary N) is 1. The van der Waals surface area contributed by atoms with Gasteiger partial charge in [-0.05, 0) is 69.6 Å². The fourth-order valence-corrected chi connectivity index (χ4v) is 6.69. The number of phenolic OH excluding ortho intramolecular Hbond substituents is 1. The van der Waals surface area contributed by atoms with Crippen LogP contribution >= 0.6 is 0 Å². The Morgan fingerprint density at radius 3 is 2.36 bits per heavy atom. The molecule has 0 unspecified atom stereocenters. The molecular formula is C33H40N4O8. The van der Waals surface area contributed by atoms with E-state index in [1.54, 1.807) is 20.2 Å². The number of aliphatic hydroxyl groups excluding tert-OH is 2. The molecule has 5 rings (SSSR count). The third kappa shape index (κ3) is 5.84. The Bertz CT molecular complexity index is 1630. The van der Waals surface area contributed by atoms with E-state index in [0.29, 0.717) is 12.1 Å². The van der Waals surface area contributed by atoms with Crippen molar-refractivity contribution < 1.29 is 39.6 Å². The Labute approximate surface area is 261 Å². The number of Topliss-reactive ketones (excluding diaryl/α,β-unsaturated/α-hetero) is 2. The minimum absolute atomic E-state index is 0.0280. The van der Waals surface area contributed by atoms with Crippen LogP contribution < -0.4 is 16.4 Å². The maximum absolute atomic E-state index is 13.9. The quantitative estimate of drug-likeness (QED) is 0.182. The van der Waals surface area contributed by atoms with Gasteiger partial charge in [0.1, 0.15) is 22.8 Å². The first-order valence-corrected chi connectivity index (χ1v) is 14.6. The number of carbonyl (C=O) groups excluding carboxylic acids is 4. The predicted molar refractivity (Wildman–Crippen MR) is 167 cm³/mol. The predicted octanol–water partition coefficient (Wildman–Crippen LogP) is 1.28. The molecule has 8 N–H and O–H groups in total. The molecule has 1 saturated carbocycles. The monoisotopic (exact) mass is 620 g/mol. The van der Waals surface area contributed by atoms with E-state index in [9.17, 15) is 39.6 Å². The number of aliphatic hydroxyl groups is 3. The van der Waals surface area contributed by atoms with Gasteiger partial charge in [-0.1, -0.05) is 35.9 Å². The van der Waals surface area contributed by atoms with Crippen molar-refractivity contribution in [2.24, 2.45) is 17.6 Å². The highest BCUT2D eigenvalue weighted by atomic mass is 16.3. The molecule has 3 aliphatic rings. The molecule has 12 nitrogen and oxygen atoms in total. The minimum atomic E-state index is -2.64. The highest BCUT2D eigenvalue weighted by molar-refractivity contribution is 6.24. The summed E-state index contributed by atoms with van der Waals surface area (Å²) in [4.78, 5) is 50.8. The van der Waals surface area contributed by atoms with Crippen LogP contribution in [0, 0.1) is 18.8 Å². The number of likely N-dealkylation sites (N-methyl/N-ethyl adjacent to an activating group) is 2. The van der Waals surface area contributed by atoms with Gasteiger partial charge in [-0.3, -0.25) is 24.1 Å². The van der Waals surface area contributed by atoms with Gasteiger partial charge in [-0.15, -0.1) is 0 Å². The van der Waals surface area contributed by atoms with Crippen molar-refractivity contribution in [2.75, 3.05) is 34.2 Å². The number of nitrogens with one attached hydrogen (secondary N) is 2. The van der Waals surface area contributed by atoms with Crippen molar-refractivity contribution in [3.05, 3.63) is 70.0 Å². The zero-order valence-electron chi connectivity index (χ0n) is 26.0. The van der Waals surface area contributed by atoms with Gasteiger partial charge in [0.25, 0.3) is 5.91 Å². The average Bonchev–Trinajstić information content (AvgIpc) is 2.95. The van der Waals surface area contributed by atoms with Crippen LogP contribution in [0.5, 0.6) is 5.75 Å². The number of primary amides is 1. The van der Waals surface area contributed by atoms with Crippen LogP contribution in [0.25, 0.3) is 16.9 Å². The number of phenols is 1. The van der Waals surface area contributed by atoms with E-state index in [0.717, 1.165) is 23.2 Å². The summed E-state index contributed by atoms with van der Waals surface area (Å²) >= 11 is 0. The van der Waals surface area contributed by atoms with Crippen molar-refractivity contribution in [3.63, 3.8) is 0 Å². The van der Waals surface area contributed by atoms with Crippen LogP contribution in [0.4, 0.5) is 0 Å². The van der Waals surface area contributed by atoms with Crippen molar-refractivity contribution in [2.45, 2.75) is 38.3 Å². The Morgan fingerprint density at radius 1 is 1.09 bits per heavy atom. The maximum atomic E-state index is 13.9. The fourth-order valence-electron chi connectivity index (χ4n) is 6.69. The molecule has 0 bridgehead atoms. The van der Waals surface area contributed by atoms with E-state index in [-0.39, 0.29) is 35.6 Å². The molecule has 0 spiro atoms. The molecule has 12 heteroatoms. The number of rotatable bonds is 6. The Morgan fingerprint density at radius 2 is 1.78 bits per heavy atom. The number of carbonyl (C=O) groups is 4. The van der Waals surface area contributed by atoms with E-state index in [4.69, 9.17) is 5.73 Å². The Hall–Kier alpha value is -4.52. The molecule has 0 radical (unpaired) electrons. The second kappa shape index (κ2) is 12.8. The number of benzene rings is 2. The van der Waals surface area contributed by atoms with Crippen LogP contribution in [0.1, 0.15) is 30.0 Å². The molecular weight excluding hydrogens is 580 g/mol. The molecule has 0 aliphatic heterocycles. The normalized spacial score (nSPS) is 23.9. The molecule has 1 fully saturated rings. The smallest absolute Gasteiger partial charge is 0.255 e. The molecule has 0 aromatic heterocycles. The second-order valence-electron chi connectivity index (χ2n) is 11.9. The molecule has 45 heavy (non-hydrogen) atoms. The summed E-state index contributed by atoms with van der Waals surface area (Å²) in [5.41, 5.74) is 5.10. The van der Waals surface area contributed by atoms with Gasteiger partial charge in [0.05, 0.1) is 11.6 Å². The molecule has 2 aromatic carbocycles. The number of hydrogen-bond donors (Lipinski definition) is 7. The fraction of sp³-hybridized carbons (Fsp3) is 0.394. The van der Waals surface area contributed by atoms with E-state index in [2.05, 4.69) is 10.6 Å². The third-order valence-corrected chi connectivity index (χ3v) is 8.68. The number of amides is 2. The molecule has 240 valence electrons. The molecule has 2 amide bonds. The lowest BCUT2D eigenvalue weighted by Gasteiger charge is -2.50. The summed E-state index contributed by atoms with van der Waals surface area (Å²) in [6.07, 6.45) is 0.293. The highest BCUT2D eigenvalue weighted by Gasteiger charge is 2.64. The van der Waals surface area contributed by atoms with E-state index in [1.807, 2.05) is 38.2 Å². The van der Waals surface area contributed by atoms with Crippen molar-refractivity contribution in [1.82, 2.24) is 15.5 Å². The number of nitrogens with zero attached hydrogens (tertiary/aromatic N) is 1. The van der Waals surface area contributed by atoms with Crippen LogP contribution in [-0.4, -0.2) is 94.6 Å². The average molecular weight is 621 g/mol. The zero-order chi connectivity index (χ0) is 33.4. The lowest BCUT2D eigenvalue weighted by molar-refractivity contribution is -0.153. The lowest BCUT2D eigenvalue weighted by Crippen LogP contribution is -2.65. The van der Waals surface area contributed by atoms with Gasteiger partial charge in [-0.25, -0.2) is 0 Å². The van der Waals surface area contributed by atoms with Gasteiger partial charge >= 0.3 is 0 Å². The number of ketones is 2. The molecule has 3 aliphatic carbocycles. The number of aryl methyl sites for hydroxylation is 1. The van der Waals surface area contributed by atoms with Gasteiger partial charge in [0.15, 0.2) is 11.4 Å². The largest absolute Gasteiger partial charge is 0.508 e. The first kappa shape index (κ1) is 33.4. The zero-order valence-corrected chi connectivity index (χ0v) is 26.0. The SMILES string of the molecule is CNCCNC(C)=O.Cc1cccc(-c2ccc(O)c3c2C[C@H]2C[C@H]4[C@H](N(C)C)C(=O)C(C(N)=O)=C(O)[C@@]4(O)C(=O)C2=C3O)c1. The van der Waals surface area contributed by atoms with E-state index < -0.39 is 58.0 Å². The Balaban J connectivity index is 0.000000510. The van der Waals surface area contributed by atoms with Crippen LogP contribution in [0.3, 0.4) is 0 Å². The summed E-state index contributed by atoms with van der Waals surface area (Å²) in [5.74, 6) is -6.58. The first-order chi connectivity index (χ1) is 21.2. The molecule has 0 heterocycles. The van der Waals surface area contributed by atoms with E-state index >= 15 is 0 Å². The third-order valence-electron chi connectivity index (χ3n) is 8.68. The van der Waals surface area contributed by atoms with Crippen LogP contribution in [0.2, 0.25) is 0 Å². The summed E-state index contributed by atoms with van der Waals surface area (Å²) < 4.78 is 0. The number of fused-ring (bicyclic) bond motifs is 3. The van der Waals surface area contributed by atoms with Crippen LogP contribution in [-0.2, 0) is 25.6 Å². The van der Waals surface area contributed by atoms with E-state index in [1.165, 1.54) is 17.9 Å². The first-order valence-electron chi connectivity index (χ1n) is 14.6. The standard InChI is InChI=1S/C28H28N2O7.C5H12N2O/c1-12-5-4-6-13(9-12)15-7-8-18(31)20-16(15)10-14-11-17-22(30(2)3)24(33)21(27(29)36)26(35)28(17,37)25(34)19(14)23(20)32;1-5(8)7-4-3-6-2/h4-9,14,17,22,31-32,35,37H,10-11H2,1-3H3,(H2,29,36);6H,3-4H2,1-2H3,(H,7,8)/t14-,17-,22-,28-;/m0./s1. The molecule has 2 aromatic rings. The van der Waals surface area contributed by atoms with Gasteiger partial charge in [-0.2, -0.15) is 0 Å². The lowest BCUT2D eigenvalue weighted by atomic mass is 9.57. The van der Waals surface area contributed by atoms with Crippen molar-refractivity contribution in [3.8, 4) is 16.9 Å². The second-order valence-corrected chi connectivity index (χ2v) is 11.9. The number of hydrogen-bond acceptors (Lipinski definition) is 10. The van der Waals surface area contributed by atoms with Gasteiger partial charge in [0.2, 0.25) is 11.7 Å². The molecule has 0 saturated heterocycles. The van der Waals surface area contributed by atoms with Crippen LogP contribution in [0.15, 0.2) is 53.3 Å². The minimum Gasteiger partial charge on any atom is -0.508 e. The number of aromatic hydroxyl groups is 1. The summed E-state index contributed by atoms with van der Waals surface area (Å²) in [6.45, 7) is 5.01. The van der Waals surface area contributed by atoms with Gasteiger partial charge in [0, 0.05) is 31.5 Å². The molecule has 4 atom stereocenters. The summed E-state index contributed by atoms with van der Waals surface area (Å²) in [6, 6.07) is 9.82. The highest BCUT2D eigenvalue weighted by Crippen LogP contribution is 2.53. The van der Waals surface area contributed by atoms with Gasteiger partial charge < -0.3 is 36.8 Å². The summed E-state index contributed by atoms with van der Waals surface area (Å²) in [7, 11) is 4.99.